The lowest BCUT2D eigenvalue weighted by Crippen LogP contribution is -2.20. The Hall–Kier alpha value is -1.77. The molecule has 0 atom stereocenters. The van der Waals surface area contributed by atoms with Crippen molar-refractivity contribution in [3.8, 4) is 0 Å². The van der Waals surface area contributed by atoms with Gasteiger partial charge in [0.05, 0.1) is 6.26 Å². The minimum absolute atomic E-state index is 0.226. The molecule has 1 aromatic rings. The van der Waals surface area contributed by atoms with Crippen LogP contribution in [0.4, 0.5) is 0 Å². The van der Waals surface area contributed by atoms with E-state index in [0.29, 0.717) is 5.76 Å². The van der Waals surface area contributed by atoms with Gasteiger partial charge in [0, 0.05) is 5.70 Å². The van der Waals surface area contributed by atoms with Crippen molar-refractivity contribution in [3.63, 3.8) is 0 Å². The van der Waals surface area contributed by atoms with Crippen LogP contribution in [0.25, 0.3) is 0 Å². The zero-order valence-electron chi connectivity index (χ0n) is 9.20. The Labute approximate surface area is 89.5 Å². The molecule has 0 radical (unpaired) electrons. The first kappa shape index (κ1) is 11.3. The zero-order valence-corrected chi connectivity index (χ0v) is 9.20. The van der Waals surface area contributed by atoms with Crippen molar-refractivity contribution in [1.29, 1.82) is 0 Å². The normalized spacial score (nSPS) is 11.0. The van der Waals surface area contributed by atoms with E-state index in [-0.39, 0.29) is 5.91 Å². The monoisotopic (exact) mass is 205 g/mol. The largest absolute Gasteiger partial charge is 0.459 e. The standard InChI is InChI=1S/C12H15NO2/c1-9(2)6-7-10(3)13-12(14)11-5-4-8-15-11/h4-8H,1-3H3,(H,13,14)/b10-7+. The van der Waals surface area contributed by atoms with Gasteiger partial charge in [0.1, 0.15) is 0 Å². The van der Waals surface area contributed by atoms with Crippen LogP contribution in [0.1, 0.15) is 31.3 Å². The minimum Gasteiger partial charge on any atom is -0.459 e. The summed E-state index contributed by atoms with van der Waals surface area (Å²) in [5, 5.41) is 2.72. The Morgan fingerprint density at radius 3 is 2.60 bits per heavy atom. The first-order valence-corrected chi connectivity index (χ1v) is 4.76. The lowest BCUT2D eigenvalue weighted by molar-refractivity contribution is 0.0938. The van der Waals surface area contributed by atoms with Crippen molar-refractivity contribution < 1.29 is 9.21 Å². The van der Waals surface area contributed by atoms with Crippen LogP contribution in [-0.4, -0.2) is 5.91 Å². The van der Waals surface area contributed by atoms with E-state index in [0.717, 1.165) is 5.70 Å². The number of amides is 1. The highest BCUT2D eigenvalue weighted by Gasteiger charge is 2.06. The second-order valence-corrected chi connectivity index (χ2v) is 3.53. The molecule has 0 spiro atoms. The first-order valence-electron chi connectivity index (χ1n) is 4.76. The van der Waals surface area contributed by atoms with Gasteiger partial charge in [0.2, 0.25) is 0 Å². The maximum Gasteiger partial charge on any atom is 0.291 e. The van der Waals surface area contributed by atoms with E-state index in [4.69, 9.17) is 4.42 Å². The lowest BCUT2D eigenvalue weighted by atomic mass is 10.3. The molecule has 0 aliphatic carbocycles. The highest BCUT2D eigenvalue weighted by Crippen LogP contribution is 2.01. The number of nitrogens with one attached hydrogen (secondary N) is 1. The number of hydrogen-bond acceptors (Lipinski definition) is 2. The number of rotatable bonds is 3. The highest BCUT2D eigenvalue weighted by atomic mass is 16.3. The topological polar surface area (TPSA) is 42.2 Å². The molecule has 0 fully saturated rings. The SMILES string of the molecule is CC(C)=C/C=C(\C)NC(=O)c1ccco1. The molecular formula is C12H15NO2. The average Bonchev–Trinajstić information content (AvgIpc) is 2.67. The molecule has 0 aliphatic rings. The third-order valence-corrected chi connectivity index (χ3v) is 1.72. The van der Waals surface area contributed by atoms with Gasteiger partial charge >= 0.3 is 0 Å². The summed E-state index contributed by atoms with van der Waals surface area (Å²) in [5.74, 6) is 0.0934. The van der Waals surface area contributed by atoms with Crippen LogP contribution < -0.4 is 5.32 Å². The molecule has 1 rings (SSSR count). The van der Waals surface area contributed by atoms with Gasteiger partial charge in [-0.25, -0.2) is 0 Å². The molecule has 0 aromatic carbocycles. The molecule has 1 N–H and O–H groups in total. The quantitative estimate of drug-likeness (QED) is 0.771. The second kappa shape index (κ2) is 5.20. The van der Waals surface area contributed by atoms with Crippen LogP contribution in [0.15, 0.2) is 46.2 Å². The van der Waals surface area contributed by atoms with Crippen molar-refractivity contribution >= 4 is 5.91 Å². The van der Waals surface area contributed by atoms with Crippen molar-refractivity contribution in [3.05, 3.63) is 47.6 Å². The fourth-order valence-electron chi connectivity index (χ4n) is 0.982. The van der Waals surface area contributed by atoms with Crippen LogP contribution in [0.5, 0.6) is 0 Å². The van der Waals surface area contributed by atoms with E-state index in [1.54, 1.807) is 12.1 Å². The molecule has 3 nitrogen and oxygen atoms in total. The summed E-state index contributed by atoms with van der Waals surface area (Å²) in [4.78, 5) is 11.5. The summed E-state index contributed by atoms with van der Waals surface area (Å²) in [5.41, 5.74) is 1.97. The minimum atomic E-state index is -0.226. The van der Waals surface area contributed by atoms with Crippen LogP contribution >= 0.6 is 0 Å². The lowest BCUT2D eigenvalue weighted by Gasteiger charge is -2.01. The summed E-state index contributed by atoms with van der Waals surface area (Å²) < 4.78 is 4.97. The maximum absolute atomic E-state index is 11.5. The average molecular weight is 205 g/mol. The highest BCUT2D eigenvalue weighted by molar-refractivity contribution is 5.92. The van der Waals surface area contributed by atoms with E-state index in [9.17, 15) is 4.79 Å². The first-order chi connectivity index (χ1) is 7.09. The van der Waals surface area contributed by atoms with Gasteiger partial charge in [-0.1, -0.05) is 11.6 Å². The van der Waals surface area contributed by atoms with E-state index >= 15 is 0 Å². The van der Waals surface area contributed by atoms with Crippen LogP contribution in [0.2, 0.25) is 0 Å². The molecule has 0 saturated heterocycles. The number of carbonyl (C=O) groups excluding carboxylic acids is 1. The Morgan fingerprint density at radius 2 is 2.07 bits per heavy atom. The van der Waals surface area contributed by atoms with Crippen molar-refractivity contribution in [2.45, 2.75) is 20.8 Å². The molecule has 80 valence electrons. The van der Waals surface area contributed by atoms with Gasteiger partial charge in [-0.05, 0) is 39.0 Å². The molecular weight excluding hydrogens is 190 g/mol. The molecule has 0 unspecified atom stereocenters. The van der Waals surface area contributed by atoms with Crippen LogP contribution in [0, 0.1) is 0 Å². The summed E-state index contributed by atoms with van der Waals surface area (Å²) in [6.07, 6.45) is 5.28. The molecule has 1 amide bonds. The van der Waals surface area contributed by atoms with Gasteiger partial charge in [-0.3, -0.25) is 4.79 Å². The summed E-state index contributed by atoms with van der Waals surface area (Å²) in [6.45, 7) is 5.83. The summed E-state index contributed by atoms with van der Waals surface area (Å²) >= 11 is 0. The molecule has 1 heterocycles. The fraction of sp³-hybridized carbons (Fsp3) is 0.250. The molecule has 0 bridgehead atoms. The molecule has 3 heteroatoms. The van der Waals surface area contributed by atoms with Crippen molar-refractivity contribution in [2.24, 2.45) is 0 Å². The number of carbonyl (C=O) groups is 1. The van der Waals surface area contributed by atoms with Crippen LogP contribution in [0.3, 0.4) is 0 Å². The van der Waals surface area contributed by atoms with E-state index in [2.05, 4.69) is 5.32 Å². The van der Waals surface area contributed by atoms with E-state index < -0.39 is 0 Å². The summed E-state index contributed by atoms with van der Waals surface area (Å²) in [6, 6.07) is 3.31. The van der Waals surface area contributed by atoms with Crippen LogP contribution in [-0.2, 0) is 0 Å². The molecule has 15 heavy (non-hydrogen) atoms. The van der Waals surface area contributed by atoms with Gasteiger partial charge in [-0.2, -0.15) is 0 Å². The van der Waals surface area contributed by atoms with Gasteiger partial charge in [-0.15, -0.1) is 0 Å². The third kappa shape index (κ3) is 3.85. The summed E-state index contributed by atoms with van der Waals surface area (Å²) in [7, 11) is 0. The van der Waals surface area contributed by atoms with E-state index in [1.165, 1.54) is 11.8 Å². The predicted molar refractivity (Wildman–Crippen MR) is 59.4 cm³/mol. The fourth-order valence-corrected chi connectivity index (χ4v) is 0.982. The van der Waals surface area contributed by atoms with Gasteiger partial charge < -0.3 is 9.73 Å². The van der Waals surface area contributed by atoms with Gasteiger partial charge in [0.15, 0.2) is 5.76 Å². The Bertz CT molecular complexity index is 382. The Morgan fingerprint density at radius 1 is 1.33 bits per heavy atom. The van der Waals surface area contributed by atoms with Crippen molar-refractivity contribution in [1.82, 2.24) is 5.32 Å². The predicted octanol–water partition coefficient (Wildman–Crippen LogP) is 2.88. The second-order valence-electron chi connectivity index (χ2n) is 3.53. The zero-order chi connectivity index (χ0) is 11.3. The smallest absolute Gasteiger partial charge is 0.291 e. The molecule has 1 aromatic heterocycles. The third-order valence-electron chi connectivity index (χ3n) is 1.72. The molecule has 0 aliphatic heterocycles. The number of allylic oxidation sites excluding steroid dienone is 4. The number of furan rings is 1. The van der Waals surface area contributed by atoms with Gasteiger partial charge in [0.25, 0.3) is 5.91 Å². The number of hydrogen-bond donors (Lipinski definition) is 1. The Balaban J connectivity index is 2.60. The van der Waals surface area contributed by atoms with Crippen molar-refractivity contribution in [2.75, 3.05) is 0 Å². The molecule has 0 saturated carbocycles. The Kier molecular flexibility index (Phi) is 3.92. The maximum atomic E-state index is 11.5. The van der Waals surface area contributed by atoms with E-state index in [1.807, 2.05) is 32.9 Å².